The summed E-state index contributed by atoms with van der Waals surface area (Å²) in [5, 5.41) is 6.24. The molecule has 1 heterocycles. The lowest BCUT2D eigenvalue weighted by molar-refractivity contribution is 0.0944. The van der Waals surface area contributed by atoms with Crippen molar-refractivity contribution in [3.63, 3.8) is 0 Å². The summed E-state index contributed by atoms with van der Waals surface area (Å²) in [7, 11) is -2.31. The molecule has 1 amide bonds. The number of piperidine rings is 1. The van der Waals surface area contributed by atoms with E-state index in [0.29, 0.717) is 18.0 Å². The lowest BCUT2D eigenvalue weighted by Gasteiger charge is -2.23. The Morgan fingerprint density at radius 2 is 1.96 bits per heavy atom. The van der Waals surface area contributed by atoms with Gasteiger partial charge in [-0.3, -0.25) is 4.79 Å². The van der Waals surface area contributed by atoms with Gasteiger partial charge in [-0.05, 0) is 62.9 Å². The van der Waals surface area contributed by atoms with E-state index < -0.39 is 10.0 Å². The topological polar surface area (TPSA) is 96.5 Å². The van der Waals surface area contributed by atoms with Crippen LogP contribution in [0.1, 0.15) is 48.9 Å². The van der Waals surface area contributed by atoms with Crippen LogP contribution in [-0.2, 0) is 10.0 Å². The number of benzene rings is 1. The highest BCUT2D eigenvalue weighted by Crippen LogP contribution is 2.27. The second-order valence-electron chi connectivity index (χ2n) is 7.39. The van der Waals surface area contributed by atoms with Crippen molar-refractivity contribution in [1.29, 1.82) is 0 Å². The van der Waals surface area contributed by atoms with E-state index in [1.807, 2.05) is 0 Å². The first-order valence-corrected chi connectivity index (χ1v) is 11.2. The quantitative estimate of drug-likeness (QED) is 0.614. The fraction of sp³-hybridized carbons (Fsp3) is 0.632. The first-order valence-electron chi connectivity index (χ1n) is 9.69. The number of amides is 1. The molecule has 1 aliphatic heterocycles. The normalized spacial score (nSPS) is 20.4. The van der Waals surface area contributed by atoms with Crippen molar-refractivity contribution in [2.75, 3.05) is 26.7 Å². The third-order valence-corrected chi connectivity index (χ3v) is 6.88. The van der Waals surface area contributed by atoms with Gasteiger partial charge >= 0.3 is 0 Å². The van der Waals surface area contributed by atoms with Crippen molar-refractivity contribution in [1.82, 2.24) is 15.4 Å². The van der Waals surface area contributed by atoms with Gasteiger partial charge in [0, 0.05) is 18.2 Å². The maximum atomic E-state index is 12.8. The first-order chi connectivity index (χ1) is 13.0. The maximum absolute atomic E-state index is 12.8. The van der Waals surface area contributed by atoms with Crippen molar-refractivity contribution in [2.24, 2.45) is 5.92 Å². The predicted molar refractivity (Wildman–Crippen MR) is 111 cm³/mol. The Kier molecular flexibility index (Phi) is 8.55. The largest absolute Gasteiger partial charge is 0.495 e. The highest BCUT2D eigenvalue weighted by atomic mass is 35.5. The van der Waals surface area contributed by atoms with Crippen molar-refractivity contribution in [3.05, 3.63) is 23.8 Å². The molecule has 7 nitrogen and oxygen atoms in total. The minimum atomic E-state index is -3.74. The Bertz CT molecular complexity index is 760. The van der Waals surface area contributed by atoms with Gasteiger partial charge < -0.3 is 15.4 Å². The average Bonchev–Trinajstić information content (AvgIpc) is 3.18. The number of rotatable bonds is 7. The third-order valence-electron chi connectivity index (χ3n) is 5.34. The van der Waals surface area contributed by atoms with Crippen LogP contribution >= 0.6 is 12.4 Å². The summed E-state index contributed by atoms with van der Waals surface area (Å²) in [6, 6.07) is 4.50. The van der Waals surface area contributed by atoms with Gasteiger partial charge in [0.25, 0.3) is 5.91 Å². The summed E-state index contributed by atoms with van der Waals surface area (Å²) in [6.07, 6.45) is 5.94. The van der Waals surface area contributed by atoms with Gasteiger partial charge in [0.1, 0.15) is 10.6 Å². The Labute approximate surface area is 173 Å². The summed E-state index contributed by atoms with van der Waals surface area (Å²) >= 11 is 0. The van der Waals surface area contributed by atoms with Gasteiger partial charge in [0.2, 0.25) is 10.0 Å². The summed E-state index contributed by atoms with van der Waals surface area (Å²) in [4.78, 5) is 12.5. The molecule has 28 heavy (non-hydrogen) atoms. The smallest absolute Gasteiger partial charge is 0.251 e. The summed E-state index contributed by atoms with van der Waals surface area (Å²) < 4.78 is 33.6. The number of sulfonamides is 1. The highest BCUT2D eigenvalue weighted by Gasteiger charge is 2.26. The van der Waals surface area contributed by atoms with Crippen LogP contribution in [0.15, 0.2) is 23.1 Å². The second-order valence-corrected chi connectivity index (χ2v) is 9.07. The molecule has 1 saturated heterocycles. The van der Waals surface area contributed by atoms with Gasteiger partial charge in [-0.15, -0.1) is 12.4 Å². The van der Waals surface area contributed by atoms with Crippen molar-refractivity contribution < 1.29 is 17.9 Å². The van der Waals surface area contributed by atoms with Gasteiger partial charge in [-0.2, -0.15) is 0 Å². The summed E-state index contributed by atoms with van der Waals surface area (Å²) in [5.74, 6) is 0.391. The van der Waals surface area contributed by atoms with Crippen LogP contribution in [0.4, 0.5) is 0 Å². The Hall–Kier alpha value is -1.35. The number of hydrogen-bond donors (Lipinski definition) is 3. The van der Waals surface area contributed by atoms with Crippen LogP contribution in [-0.4, -0.2) is 47.1 Å². The van der Waals surface area contributed by atoms with E-state index in [-0.39, 0.29) is 35.0 Å². The minimum absolute atomic E-state index is 0. The molecule has 1 saturated carbocycles. The maximum Gasteiger partial charge on any atom is 0.251 e. The predicted octanol–water partition coefficient (Wildman–Crippen LogP) is 2.07. The van der Waals surface area contributed by atoms with E-state index in [2.05, 4.69) is 15.4 Å². The molecule has 158 valence electrons. The van der Waals surface area contributed by atoms with Crippen molar-refractivity contribution in [2.45, 2.75) is 49.5 Å². The number of methoxy groups -OCH3 is 1. The van der Waals surface area contributed by atoms with Crippen molar-refractivity contribution >= 4 is 28.3 Å². The van der Waals surface area contributed by atoms with Crippen molar-refractivity contribution in [3.8, 4) is 5.75 Å². The van der Waals surface area contributed by atoms with E-state index in [4.69, 9.17) is 4.74 Å². The van der Waals surface area contributed by atoms with Gasteiger partial charge in [-0.1, -0.05) is 12.8 Å². The summed E-state index contributed by atoms with van der Waals surface area (Å²) in [5.41, 5.74) is 0.325. The van der Waals surface area contributed by atoms with Gasteiger partial charge in [0.05, 0.1) is 7.11 Å². The number of carbonyl (C=O) groups excluding carboxylic acids is 1. The Morgan fingerprint density at radius 1 is 1.21 bits per heavy atom. The molecule has 1 aromatic carbocycles. The van der Waals surface area contributed by atoms with Crippen LogP contribution in [0.5, 0.6) is 5.75 Å². The zero-order valence-electron chi connectivity index (χ0n) is 16.2. The SMILES string of the molecule is COc1ccc(C(=O)NCC2CCCNC2)cc1S(=O)(=O)NC1CCCC1.Cl. The fourth-order valence-electron chi connectivity index (χ4n) is 3.79. The molecule has 0 radical (unpaired) electrons. The van der Waals surface area contributed by atoms with E-state index in [1.54, 1.807) is 12.1 Å². The number of ether oxygens (including phenoxy) is 1. The number of carbonyl (C=O) groups is 1. The van der Waals surface area contributed by atoms with Gasteiger partial charge in [-0.25, -0.2) is 13.1 Å². The molecule has 0 bridgehead atoms. The Morgan fingerprint density at radius 3 is 2.61 bits per heavy atom. The van der Waals surface area contributed by atoms with Crippen LogP contribution in [0.25, 0.3) is 0 Å². The van der Waals surface area contributed by atoms with Crippen LogP contribution in [0.3, 0.4) is 0 Å². The van der Waals surface area contributed by atoms with Crippen LogP contribution in [0, 0.1) is 5.92 Å². The molecule has 3 N–H and O–H groups in total. The second kappa shape index (κ2) is 10.4. The van der Waals surface area contributed by atoms with Crippen LogP contribution < -0.4 is 20.1 Å². The molecule has 1 unspecified atom stereocenters. The molecule has 1 aromatic rings. The zero-order chi connectivity index (χ0) is 19.3. The average molecular weight is 432 g/mol. The van der Waals surface area contributed by atoms with E-state index in [9.17, 15) is 13.2 Å². The fourth-order valence-corrected chi connectivity index (χ4v) is 5.29. The lowest BCUT2D eigenvalue weighted by Crippen LogP contribution is -2.38. The number of nitrogens with one attached hydrogen (secondary N) is 3. The number of hydrogen-bond acceptors (Lipinski definition) is 5. The first kappa shape index (κ1) is 22.9. The van der Waals surface area contributed by atoms with E-state index in [0.717, 1.165) is 51.6 Å². The highest BCUT2D eigenvalue weighted by molar-refractivity contribution is 7.89. The van der Waals surface area contributed by atoms with E-state index >= 15 is 0 Å². The third kappa shape index (κ3) is 5.83. The molecular weight excluding hydrogens is 402 g/mol. The molecule has 1 atom stereocenters. The monoisotopic (exact) mass is 431 g/mol. The number of halogens is 1. The zero-order valence-corrected chi connectivity index (χ0v) is 17.8. The standard InChI is InChI=1S/C19H29N3O4S.ClH/c1-26-17-9-8-15(19(23)21-13-14-5-4-10-20-12-14)11-18(17)27(24,25)22-16-6-2-3-7-16;/h8-9,11,14,16,20,22H,2-7,10,12-13H2,1H3,(H,21,23);1H. The van der Waals surface area contributed by atoms with Gasteiger partial charge in [0.15, 0.2) is 0 Å². The molecule has 1 aliphatic carbocycles. The molecule has 9 heteroatoms. The van der Waals surface area contributed by atoms with E-state index in [1.165, 1.54) is 13.2 Å². The molecule has 3 rings (SSSR count). The minimum Gasteiger partial charge on any atom is -0.495 e. The molecule has 0 spiro atoms. The molecular formula is C19H30ClN3O4S. The molecule has 2 aliphatic rings. The Balaban J connectivity index is 0.00000280. The summed E-state index contributed by atoms with van der Waals surface area (Å²) in [6.45, 7) is 2.51. The van der Waals surface area contributed by atoms with Crippen LogP contribution in [0.2, 0.25) is 0 Å². The lowest BCUT2D eigenvalue weighted by atomic mass is 9.99. The molecule has 2 fully saturated rings. The molecule has 0 aromatic heterocycles.